The molecule has 0 amide bonds. The Balaban J connectivity index is 1.91. The Morgan fingerprint density at radius 3 is 2.95 bits per heavy atom. The number of hydrogen-bond acceptors (Lipinski definition) is 4. The number of rotatable bonds is 6. The molecule has 0 N–H and O–H groups in total. The molecule has 1 unspecified atom stereocenters. The molecule has 1 aromatic carbocycles. The molecule has 2 rings (SSSR count). The fourth-order valence-corrected chi connectivity index (χ4v) is 2.46. The Hall–Kier alpha value is -1.84. The highest BCUT2D eigenvalue weighted by Crippen LogP contribution is 2.29. The Kier molecular flexibility index (Phi) is 5.16. The molecular formula is C16H20O4. The van der Waals surface area contributed by atoms with Crippen molar-refractivity contribution in [1.82, 2.24) is 0 Å². The molecule has 0 aromatic heterocycles. The lowest BCUT2D eigenvalue weighted by molar-refractivity contribution is -0.151. The largest absolute Gasteiger partial charge is 0.482 e. The third-order valence-electron chi connectivity index (χ3n) is 3.46. The molecule has 4 nitrogen and oxygen atoms in total. The van der Waals surface area contributed by atoms with Crippen LogP contribution in [-0.4, -0.2) is 25.0 Å². The third-order valence-corrected chi connectivity index (χ3v) is 3.46. The number of ether oxygens (including phenoxy) is 2. The zero-order chi connectivity index (χ0) is 14.4. The monoisotopic (exact) mass is 276 g/mol. The van der Waals surface area contributed by atoms with Crippen molar-refractivity contribution in [3.63, 3.8) is 0 Å². The highest BCUT2D eigenvalue weighted by atomic mass is 16.6. The van der Waals surface area contributed by atoms with E-state index < -0.39 is 12.1 Å². The fourth-order valence-electron chi connectivity index (χ4n) is 2.46. The van der Waals surface area contributed by atoms with E-state index in [-0.39, 0.29) is 13.0 Å². The number of aryl methyl sites for hydroxylation is 1. The van der Waals surface area contributed by atoms with Crippen LogP contribution in [0, 0.1) is 0 Å². The number of esters is 1. The molecular weight excluding hydrogens is 256 g/mol. The predicted octanol–water partition coefficient (Wildman–Crippen LogP) is 2.46. The van der Waals surface area contributed by atoms with Crippen molar-refractivity contribution in [3.05, 3.63) is 29.3 Å². The number of carbonyl (C=O) groups excluding carboxylic acids is 2. The van der Waals surface area contributed by atoms with Crippen LogP contribution in [0.5, 0.6) is 5.75 Å². The van der Waals surface area contributed by atoms with Crippen LogP contribution in [0.25, 0.3) is 0 Å². The van der Waals surface area contributed by atoms with Crippen LogP contribution in [0.2, 0.25) is 0 Å². The van der Waals surface area contributed by atoms with Gasteiger partial charge in [0.05, 0.1) is 0 Å². The van der Waals surface area contributed by atoms with E-state index in [2.05, 4.69) is 6.07 Å². The second-order valence-electron chi connectivity index (χ2n) is 5.09. The van der Waals surface area contributed by atoms with Gasteiger partial charge >= 0.3 is 5.97 Å². The SMILES string of the molecule is CC(CC=O)OC(=O)COc1cccc2c1CCCC2. The van der Waals surface area contributed by atoms with Crippen molar-refractivity contribution in [2.45, 2.75) is 45.1 Å². The molecule has 0 radical (unpaired) electrons. The van der Waals surface area contributed by atoms with Crippen molar-refractivity contribution >= 4 is 12.3 Å². The van der Waals surface area contributed by atoms with Gasteiger partial charge in [-0.3, -0.25) is 0 Å². The van der Waals surface area contributed by atoms with Gasteiger partial charge in [-0.1, -0.05) is 12.1 Å². The Labute approximate surface area is 119 Å². The molecule has 20 heavy (non-hydrogen) atoms. The van der Waals surface area contributed by atoms with Crippen LogP contribution >= 0.6 is 0 Å². The zero-order valence-corrected chi connectivity index (χ0v) is 11.8. The number of fused-ring (bicyclic) bond motifs is 1. The van der Waals surface area contributed by atoms with Gasteiger partial charge < -0.3 is 14.3 Å². The zero-order valence-electron chi connectivity index (χ0n) is 11.8. The molecule has 0 saturated heterocycles. The van der Waals surface area contributed by atoms with Gasteiger partial charge in [-0.15, -0.1) is 0 Å². The van der Waals surface area contributed by atoms with Gasteiger partial charge in [-0.2, -0.15) is 0 Å². The standard InChI is InChI=1S/C16H20O4/c1-12(9-10-17)20-16(18)11-19-15-8-4-6-13-5-2-3-7-14(13)15/h4,6,8,10,12H,2-3,5,7,9,11H2,1H3. The summed E-state index contributed by atoms with van der Waals surface area (Å²) in [7, 11) is 0. The fraction of sp³-hybridized carbons (Fsp3) is 0.500. The van der Waals surface area contributed by atoms with Crippen molar-refractivity contribution in [2.24, 2.45) is 0 Å². The van der Waals surface area contributed by atoms with Crippen LogP contribution in [0.3, 0.4) is 0 Å². The van der Waals surface area contributed by atoms with E-state index in [1.807, 2.05) is 12.1 Å². The number of hydrogen-bond donors (Lipinski definition) is 0. The first kappa shape index (κ1) is 14.6. The molecule has 0 saturated carbocycles. The third kappa shape index (κ3) is 3.83. The van der Waals surface area contributed by atoms with Crippen LogP contribution in [0.15, 0.2) is 18.2 Å². The maximum Gasteiger partial charge on any atom is 0.344 e. The molecule has 0 heterocycles. The predicted molar refractivity (Wildman–Crippen MR) is 74.8 cm³/mol. The first-order valence-electron chi connectivity index (χ1n) is 7.07. The summed E-state index contributed by atoms with van der Waals surface area (Å²) in [6.45, 7) is 1.58. The molecule has 4 heteroatoms. The molecule has 1 aromatic rings. The van der Waals surface area contributed by atoms with Gasteiger partial charge in [0, 0.05) is 6.42 Å². The molecule has 0 aliphatic heterocycles. The second-order valence-corrected chi connectivity index (χ2v) is 5.09. The smallest absolute Gasteiger partial charge is 0.344 e. The van der Waals surface area contributed by atoms with Crippen molar-refractivity contribution in [3.8, 4) is 5.75 Å². The van der Waals surface area contributed by atoms with Gasteiger partial charge in [-0.05, 0) is 49.8 Å². The topological polar surface area (TPSA) is 52.6 Å². The molecule has 0 spiro atoms. The average Bonchev–Trinajstić information content (AvgIpc) is 2.45. The normalized spacial score (nSPS) is 15.1. The van der Waals surface area contributed by atoms with Gasteiger partial charge in [0.25, 0.3) is 0 Å². The lowest BCUT2D eigenvalue weighted by Crippen LogP contribution is -2.21. The van der Waals surface area contributed by atoms with Crippen LogP contribution in [-0.2, 0) is 27.2 Å². The minimum absolute atomic E-state index is 0.111. The molecule has 1 atom stereocenters. The van der Waals surface area contributed by atoms with E-state index in [1.54, 1.807) is 6.92 Å². The van der Waals surface area contributed by atoms with E-state index in [1.165, 1.54) is 17.5 Å². The lowest BCUT2D eigenvalue weighted by Gasteiger charge is -2.19. The summed E-state index contributed by atoms with van der Waals surface area (Å²) < 4.78 is 10.6. The maximum absolute atomic E-state index is 11.6. The summed E-state index contributed by atoms with van der Waals surface area (Å²) in [5.41, 5.74) is 2.53. The minimum Gasteiger partial charge on any atom is -0.482 e. The number of carbonyl (C=O) groups is 2. The second kappa shape index (κ2) is 7.08. The quantitative estimate of drug-likeness (QED) is 0.591. The highest BCUT2D eigenvalue weighted by Gasteiger charge is 2.15. The molecule has 1 aliphatic rings. The first-order chi connectivity index (χ1) is 9.70. The van der Waals surface area contributed by atoms with Crippen molar-refractivity contribution in [2.75, 3.05) is 6.61 Å². The summed E-state index contributed by atoms with van der Waals surface area (Å²) >= 11 is 0. The van der Waals surface area contributed by atoms with E-state index in [9.17, 15) is 9.59 Å². The van der Waals surface area contributed by atoms with Crippen LogP contribution < -0.4 is 4.74 Å². The molecule has 108 valence electrons. The summed E-state index contributed by atoms with van der Waals surface area (Å²) in [6.07, 6.45) is 5.01. The minimum atomic E-state index is -0.437. The average molecular weight is 276 g/mol. The number of aldehydes is 1. The number of benzene rings is 1. The Morgan fingerprint density at radius 1 is 1.35 bits per heavy atom. The maximum atomic E-state index is 11.6. The van der Waals surface area contributed by atoms with Gasteiger partial charge in [-0.25, -0.2) is 4.79 Å². The van der Waals surface area contributed by atoms with Crippen LogP contribution in [0.4, 0.5) is 0 Å². The molecule has 0 fully saturated rings. The van der Waals surface area contributed by atoms with Crippen molar-refractivity contribution < 1.29 is 19.1 Å². The molecule has 0 bridgehead atoms. The molecule has 1 aliphatic carbocycles. The summed E-state index contributed by atoms with van der Waals surface area (Å²) in [5.74, 6) is 0.343. The first-order valence-corrected chi connectivity index (χ1v) is 7.07. The Morgan fingerprint density at radius 2 is 2.15 bits per heavy atom. The summed E-state index contributed by atoms with van der Waals surface area (Å²) in [6, 6.07) is 5.97. The van der Waals surface area contributed by atoms with Gasteiger partial charge in [0.2, 0.25) is 0 Å². The van der Waals surface area contributed by atoms with E-state index in [0.29, 0.717) is 0 Å². The lowest BCUT2D eigenvalue weighted by atomic mass is 9.91. The van der Waals surface area contributed by atoms with Crippen molar-refractivity contribution in [1.29, 1.82) is 0 Å². The van der Waals surface area contributed by atoms with Gasteiger partial charge in [0.1, 0.15) is 18.1 Å². The van der Waals surface area contributed by atoms with E-state index in [0.717, 1.165) is 31.3 Å². The van der Waals surface area contributed by atoms with E-state index in [4.69, 9.17) is 9.47 Å². The van der Waals surface area contributed by atoms with Gasteiger partial charge in [0.15, 0.2) is 6.61 Å². The van der Waals surface area contributed by atoms with E-state index >= 15 is 0 Å². The Bertz CT molecular complexity index is 481. The van der Waals surface area contributed by atoms with Crippen LogP contribution in [0.1, 0.15) is 37.3 Å². The summed E-state index contributed by atoms with van der Waals surface area (Å²) in [5, 5.41) is 0. The summed E-state index contributed by atoms with van der Waals surface area (Å²) in [4.78, 5) is 21.9. The highest BCUT2D eigenvalue weighted by molar-refractivity contribution is 5.71.